The van der Waals surface area contributed by atoms with Crippen molar-refractivity contribution >= 4 is 44.6 Å². The molecule has 1 saturated heterocycles. The highest BCUT2D eigenvalue weighted by Gasteiger charge is 2.62. The Morgan fingerprint density at radius 1 is 1.00 bits per heavy atom. The molecule has 2 aliphatic carbocycles. The lowest BCUT2D eigenvalue weighted by Crippen LogP contribution is -2.59. The van der Waals surface area contributed by atoms with Crippen molar-refractivity contribution in [1.29, 1.82) is 0 Å². The summed E-state index contributed by atoms with van der Waals surface area (Å²) in [5.74, 6) is -2.55. The van der Waals surface area contributed by atoms with E-state index in [0.717, 1.165) is 0 Å². The molecule has 352 valence electrons. The number of benzene rings is 1. The van der Waals surface area contributed by atoms with Gasteiger partial charge in [-0.1, -0.05) is 26.0 Å². The van der Waals surface area contributed by atoms with E-state index in [4.69, 9.17) is 19.2 Å². The summed E-state index contributed by atoms with van der Waals surface area (Å²) < 4.78 is 91.1. The summed E-state index contributed by atoms with van der Waals surface area (Å²) in [7, 11) is -2.49. The fourth-order valence-corrected chi connectivity index (χ4v) is 9.83. The van der Waals surface area contributed by atoms with E-state index in [-0.39, 0.29) is 37.3 Å². The third-order valence-corrected chi connectivity index (χ3v) is 14.1. The first-order chi connectivity index (χ1) is 30.7. The van der Waals surface area contributed by atoms with Crippen molar-refractivity contribution in [3.63, 3.8) is 0 Å². The zero-order valence-electron chi connectivity index (χ0n) is 37.0. The molecule has 3 N–H and O–H groups in total. The minimum Gasteiger partial charge on any atom is -0.497 e. The standard InChI is InChI=1S/C45H55F3N6O10S/c1-24(2)62-31-12-16-35(49-22-31)36-19-28-18-30(61-6)11-15-34(28)40(50-36)64-32-20-37-39(55)52-44(42(57)53-65(59,60)33-13-14-33)21-29(44)10-8-7-9-25(3)17-26(4)38(41(56)54(37)23-32)51-43(58)63-27(5)45(46,47)48/h8,10-12,15-16,18-19,22,24-27,29,32-33,37-38H,7,9,13-14,17,20-21,23H2,1-6H3,(H,51,58)(H,52,55)(H,53,57). The molecule has 4 aliphatic rings. The van der Waals surface area contributed by atoms with Crippen molar-refractivity contribution in [3.05, 3.63) is 54.7 Å². The maximum absolute atomic E-state index is 14.9. The molecule has 65 heavy (non-hydrogen) atoms. The van der Waals surface area contributed by atoms with Gasteiger partial charge in [-0.2, -0.15) is 13.2 Å². The Morgan fingerprint density at radius 3 is 2.40 bits per heavy atom. The average Bonchev–Trinajstić information content (AvgIpc) is 4.17. The fourth-order valence-electron chi connectivity index (χ4n) is 8.47. The molecule has 4 heterocycles. The number of fused-ring (bicyclic) bond motifs is 3. The van der Waals surface area contributed by atoms with Crippen LogP contribution in [0.3, 0.4) is 0 Å². The third kappa shape index (κ3) is 10.9. The van der Waals surface area contributed by atoms with Crippen molar-refractivity contribution in [2.45, 2.75) is 127 Å². The molecular formula is C45H55F3N6O10S. The van der Waals surface area contributed by atoms with Crippen molar-refractivity contribution in [1.82, 2.24) is 30.2 Å². The quantitative estimate of drug-likeness (QED) is 0.190. The van der Waals surface area contributed by atoms with Crippen LogP contribution in [0.4, 0.5) is 18.0 Å². The largest absolute Gasteiger partial charge is 0.497 e. The van der Waals surface area contributed by atoms with E-state index < -0.39 is 86.9 Å². The lowest BCUT2D eigenvalue weighted by Gasteiger charge is -2.33. The summed E-state index contributed by atoms with van der Waals surface area (Å²) in [4.78, 5) is 67.2. The molecule has 8 atom stereocenters. The number of nitrogens with one attached hydrogen (secondary N) is 3. The van der Waals surface area contributed by atoms with Crippen molar-refractivity contribution in [2.75, 3.05) is 13.7 Å². The first-order valence-corrected chi connectivity index (χ1v) is 23.4. The van der Waals surface area contributed by atoms with Crippen LogP contribution in [0, 0.1) is 17.8 Å². The monoisotopic (exact) mass is 928 g/mol. The number of rotatable bonds is 11. The van der Waals surface area contributed by atoms with Gasteiger partial charge in [0.25, 0.3) is 5.91 Å². The number of sulfonamides is 1. The highest BCUT2D eigenvalue weighted by molar-refractivity contribution is 7.91. The van der Waals surface area contributed by atoms with E-state index in [1.54, 1.807) is 55.6 Å². The molecule has 1 aromatic carbocycles. The van der Waals surface area contributed by atoms with Gasteiger partial charge >= 0.3 is 12.3 Å². The maximum atomic E-state index is 14.9. The minimum absolute atomic E-state index is 0.0539. The van der Waals surface area contributed by atoms with Gasteiger partial charge in [-0.25, -0.2) is 18.2 Å². The second-order valence-electron chi connectivity index (χ2n) is 17.9. The molecule has 2 aliphatic heterocycles. The lowest BCUT2D eigenvalue weighted by molar-refractivity contribution is -0.197. The van der Waals surface area contributed by atoms with E-state index in [9.17, 15) is 40.8 Å². The van der Waals surface area contributed by atoms with Gasteiger partial charge < -0.3 is 34.5 Å². The smallest absolute Gasteiger partial charge is 0.425 e. The summed E-state index contributed by atoms with van der Waals surface area (Å²) >= 11 is 0. The number of nitrogens with zero attached hydrogens (tertiary/aromatic N) is 3. The second-order valence-corrected chi connectivity index (χ2v) is 19.9. The van der Waals surface area contributed by atoms with Crippen LogP contribution in [0.2, 0.25) is 0 Å². The van der Waals surface area contributed by atoms with Gasteiger partial charge in [0.2, 0.25) is 27.7 Å². The van der Waals surface area contributed by atoms with Crippen molar-refractivity contribution in [2.24, 2.45) is 17.8 Å². The summed E-state index contributed by atoms with van der Waals surface area (Å²) in [6, 6.07) is 7.72. The molecule has 4 amide bonds. The number of hydrogen-bond donors (Lipinski definition) is 3. The number of alkyl halides is 3. The summed E-state index contributed by atoms with van der Waals surface area (Å²) in [6.07, 6.45) is -2.44. The van der Waals surface area contributed by atoms with Gasteiger partial charge in [0.05, 0.1) is 42.6 Å². The first kappa shape index (κ1) is 47.3. The number of aromatic nitrogens is 2. The highest BCUT2D eigenvalue weighted by Crippen LogP contribution is 2.46. The Balaban J connectivity index is 1.25. The molecule has 2 aromatic heterocycles. The summed E-state index contributed by atoms with van der Waals surface area (Å²) in [5.41, 5.74) is -0.765. The highest BCUT2D eigenvalue weighted by atomic mass is 32.2. The number of hydrogen-bond acceptors (Lipinski definition) is 12. The molecule has 0 bridgehead atoms. The molecule has 3 fully saturated rings. The van der Waals surface area contributed by atoms with Crippen molar-refractivity contribution < 1.29 is 59.7 Å². The van der Waals surface area contributed by atoms with Gasteiger partial charge in [0.1, 0.15) is 35.2 Å². The zero-order chi connectivity index (χ0) is 47.0. The van der Waals surface area contributed by atoms with Crippen LogP contribution < -0.4 is 29.6 Å². The van der Waals surface area contributed by atoms with Gasteiger partial charge in [0.15, 0.2) is 6.10 Å². The Kier molecular flexibility index (Phi) is 13.6. The predicted molar refractivity (Wildman–Crippen MR) is 231 cm³/mol. The van der Waals surface area contributed by atoms with Crippen LogP contribution in [0.25, 0.3) is 22.2 Å². The lowest BCUT2D eigenvalue weighted by atomic mass is 9.88. The maximum Gasteiger partial charge on any atom is 0.425 e. The van der Waals surface area contributed by atoms with Crippen LogP contribution in [-0.2, 0) is 29.1 Å². The zero-order valence-corrected chi connectivity index (χ0v) is 37.8. The van der Waals surface area contributed by atoms with Crippen LogP contribution in [-0.4, -0.2) is 108 Å². The normalized spacial score (nSPS) is 26.8. The molecule has 3 aromatic rings. The van der Waals surface area contributed by atoms with E-state index in [0.29, 0.717) is 72.7 Å². The fraction of sp³-hybridized carbons (Fsp3) is 0.556. The van der Waals surface area contributed by atoms with E-state index in [2.05, 4.69) is 25.1 Å². The summed E-state index contributed by atoms with van der Waals surface area (Å²) in [6.45, 7) is 7.81. The molecule has 7 rings (SSSR count). The number of carbonyl (C=O) groups is 4. The van der Waals surface area contributed by atoms with Crippen LogP contribution >= 0.6 is 0 Å². The van der Waals surface area contributed by atoms with Gasteiger partial charge in [-0.05, 0) is 113 Å². The van der Waals surface area contributed by atoms with Crippen LogP contribution in [0.1, 0.15) is 79.6 Å². The molecule has 2 saturated carbocycles. The Labute approximate surface area is 375 Å². The Bertz CT molecular complexity index is 2430. The van der Waals surface area contributed by atoms with Gasteiger partial charge in [0, 0.05) is 17.7 Å². The number of halogens is 3. The molecule has 20 heteroatoms. The second kappa shape index (κ2) is 18.7. The number of allylic oxidation sites excluding steroid dienone is 1. The molecule has 8 unspecified atom stereocenters. The van der Waals surface area contributed by atoms with E-state index in [1.807, 2.05) is 26.8 Å². The Morgan fingerprint density at radius 2 is 1.74 bits per heavy atom. The predicted octanol–water partition coefficient (Wildman–Crippen LogP) is 5.98. The number of ether oxygens (including phenoxy) is 4. The van der Waals surface area contributed by atoms with Crippen LogP contribution in [0.15, 0.2) is 54.7 Å². The molecule has 16 nitrogen and oxygen atoms in total. The molecule has 0 radical (unpaired) electrons. The third-order valence-electron chi connectivity index (χ3n) is 12.3. The van der Waals surface area contributed by atoms with Crippen LogP contribution in [0.5, 0.6) is 17.4 Å². The SMILES string of the molecule is COc1ccc2c(OC3CC4C(=O)NC5(C(=O)NS(=O)(=O)C6CC6)CC5C=CCCC(C)CC(C)C(NC(=O)OC(C)C(F)(F)F)C(=O)N4C3)nc(-c3ccc(OC(C)C)cn3)cc2c1. The van der Waals surface area contributed by atoms with E-state index >= 15 is 0 Å². The Hall–Kier alpha value is -5.66. The topological polar surface area (TPSA) is 204 Å². The molecule has 0 spiro atoms. The van der Waals surface area contributed by atoms with Crippen molar-refractivity contribution in [3.8, 4) is 28.8 Å². The average molecular weight is 929 g/mol. The van der Waals surface area contributed by atoms with E-state index in [1.165, 1.54) is 12.0 Å². The number of carbonyl (C=O) groups excluding carboxylic acids is 4. The number of methoxy groups -OCH3 is 1. The number of alkyl carbamates (subject to hydrolysis) is 1. The first-order valence-electron chi connectivity index (χ1n) is 21.8. The molecular weight excluding hydrogens is 874 g/mol. The van der Waals surface area contributed by atoms with Gasteiger partial charge in [-0.15, -0.1) is 0 Å². The number of pyridine rings is 2. The number of amides is 4. The summed E-state index contributed by atoms with van der Waals surface area (Å²) in [5, 5.41) is 5.68. The minimum atomic E-state index is -4.87. The van der Waals surface area contributed by atoms with Gasteiger partial charge in [-0.3, -0.25) is 24.1 Å².